The topological polar surface area (TPSA) is 77.2 Å². The number of aromatic amines is 1. The maximum absolute atomic E-state index is 11.9. The van der Waals surface area contributed by atoms with Crippen molar-refractivity contribution < 1.29 is 4.79 Å². The number of carbonyl (C=O) groups is 1. The summed E-state index contributed by atoms with van der Waals surface area (Å²) in [6.45, 7) is 5.53. The van der Waals surface area contributed by atoms with Crippen LogP contribution in [0.5, 0.6) is 0 Å². The van der Waals surface area contributed by atoms with Gasteiger partial charge >= 0.3 is 0 Å². The molecule has 7 nitrogen and oxygen atoms in total. The van der Waals surface area contributed by atoms with E-state index in [1.54, 1.807) is 24.7 Å². The molecule has 1 aliphatic heterocycles. The summed E-state index contributed by atoms with van der Waals surface area (Å²) in [5.41, 5.74) is 0.582. The fourth-order valence-corrected chi connectivity index (χ4v) is 3.07. The van der Waals surface area contributed by atoms with Crippen LogP contribution in [0, 0.1) is 0 Å². The third-order valence-electron chi connectivity index (χ3n) is 4.04. The first-order chi connectivity index (χ1) is 11.7. The van der Waals surface area contributed by atoms with Crippen LogP contribution in [0.3, 0.4) is 0 Å². The molecule has 0 spiro atoms. The van der Waals surface area contributed by atoms with Gasteiger partial charge in [0, 0.05) is 55.8 Å². The lowest BCUT2D eigenvalue weighted by molar-refractivity contribution is 0.0947. The third-order valence-corrected chi connectivity index (χ3v) is 4.49. The van der Waals surface area contributed by atoms with Crippen LogP contribution in [0.25, 0.3) is 0 Å². The number of hydrogen-bond acceptors (Lipinski definition) is 5. The van der Waals surface area contributed by atoms with Crippen LogP contribution in [0.2, 0.25) is 0 Å². The lowest BCUT2D eigenvalue weighted by atomic mass is 10.3. The van der Waals surface area contributed by atoms with Gasteiger partial charge in [0.05, 0.1) is 0 Å². The van der Waals surface area contributed by atoms with Gasteiger partial charge in [-0.15, -0.1) is 0 Å². The van der Waals surface area contributed by atoms with Crippen molar-refractivity contribution in [1.29, 1.82) is 0 Å². The van der Waals surface area contributed by atoms with Crippen LogP contribution in [0.1, 0.15) is 16.9 Å². The van der Waals surface area contributed by atoms with E-state index < -0.39 is 0 Å². The molecule has 3 rings (SSSR count). The molecule has 0 radical (unpaired) electrons. The first kappa shape index (κ1) is 16.9. The molecule has 2 aromatic rings. The molecule has 1 amide bonds. The summed E-state index contributed by atoms with van der Waals surface area (Å²) in [5.74, 6) is 0.744. The van der Waals surface area contributed by atoms with Gasteiger partial charge < -0.3 is 15.2 Å². The molecule has 0 unspecified atom stereocenters. The molecule has 0 aliphatic carbocycles. The maximum Gasteiger partial charge on any atom is 0.267 e. The van der Waals surface area contributed by atoms with Crippen LogP contribution in [-0.4, -0.2) is 65.0 Å². The summed E-state index contributed by atoms with van der Waals surface area (Å²) in [7, 11) is 0. The van der Waals surface area contributed by atoms with Crippen molar-refractivity contribution in [2.75, 3.05) is 44.2 Å². The number of aromatic nitrogens is 3. The monoisotopic (exact) mass is 392 g/mol. The minimum atomic E-state index is -0.0632. The average molecular weight is 393 g/mol. The molecule has 2 aromatic heterocycles. The van der Waals surface area contributed by atoms with Crippen LogP contribution in [0.4, 0.5) is 5.95 Å². The zero-order chi connectivity index (χ0) is 16.8. The van der Waals surface area contributed by atoms with Gasteiger partial charge in [0.2, 0.25) is 5.95 Å². The fraction of sp³-hybridized carbons (Fsp3) is 0.438. The molecule has 8 heteroatoms. The quantitative estimate of drug-likeness (QED) is 0.728. The summed E-state index contributed by atoms with van der Waals surface area (Å²) in [6, 6.07) is 3.61. The summed E-state index contributed by atoms with van der Waals surface area (Å²) >= 11 is 3.33. The van der Waals surface area contributed by atoms with Gasteiger partial charge in [-0.05, 0) is 41.0 Å². The first-order valence-corrected chi connectivity index (χ1v) is 8.88. The Kier molecular flexibility index (Phi) is 5.81. The molecule has 128 valence electrons. The molecule has 0 bridgehead atoms. The Morgan fingerprint density at radius 3 is 2.67 bits per heavy atom. The fourth-order valence-electron chi connectivity index (χ4n) is 2.72. The van der Waals surface area contributed by atoms with Crippen molar-refractivity contribution in [3.8, 4) is 0 Å². The van der Waals surface area contributed by atoms with E-state index in [0.717, 1.165) is 49.6 Å². The van der Waals surface area contributed by atoms with Crippen molar-refractivity contribution >= 4 is 27.8 Å². The van der Waals surface area contributed by atoms with E-state index in [9.17, 15) is 4.79 Å². The second-order valence-electron chi connectivity index (χ2n) is 5.72. The van der Waals surface area contributed by atoms with E-state index in [1.807, 2.05) is 6.07 Å². The summed E-state index contributed by atoms with van der Waals surface area (Å²) in [6.07, 6.45) is 6.25. The zero-order valence-corrected chi connectivity index (χ0v) is 15.0. The molecule has 0 aromatic carbocycles. The summed E-state index contributed by atoms with van der Waals surface area (Å²) in [5, 5.41) is 2.94. The first-order valence-electron chi connectivity index (χ1n) is 8.09. The van der Waals surface area contributed by atoms with E-state index in [0.29, 0.717) is 12.2 Å². The van der Waals surface area contributed by atoms with Gasteiger partial charge in [-0.2, -0.15) is 0 Å². The number of rotatable bonds is 6. The van der Waals surface area contributed by atoms with Crippen molar-refractivity contribution in [2.24, 2.45) is 0 Å². The number of anilines is 1. The highest BCUT2D eigenvalue weighted by molar-refractivity contribution is 9.10. The van der Waals surface area contributed by atoms with Gasteiger partial charge in [-0.1, -0.05) is 0 Å². The van der Waals surface area contributed by atoms with Gasteiger partial charge in [-0.3, -0.25) is 9.69 Å². The SMILES string of the molecule is O=C(NCCCN1CCN(c2ncccn2)CC1)c1cc(Br)c[nH]1. The molecule has 0 atom stereocenters. The van der Waals surface area contributed by atoms with Gasteiger partial charge in [0.1, 0.15) is 5.69 Å². The van der Waals surface area contributed by atoms with Gasteiger partial charge in [-0.25, -0.2) is 9.97 Å². The molecular weight excluding hydrogens is 372 g/mol. The summed E-state index contributed by atoms with van der Waals surface area (Å²) in [4.78, 5) is 28.1. The molecular formula is C16H21BrN6O. The van der Waals surface area contributed by atoms with E-state index in [2.05, 4.69) is 46.0 Å². The summed E-state index contributed by atoms with van der Waals surface area (Å²) < 4.78 is 0.882. The van der Waals surface area contributed by atoms with E-state index in [1.165, 1.54) is 0 Å². The van der Waals surface area contributed by atoms with Crippen molar-refractivity contribution in [1.82, 2.24) is 25.2 Å². The maximum atomic E-state index is 11.9. The Morgan fingerprint density at radius 1 is 1.25 bits per heavy atom. The van der Waals surface area contributed by atoms with Crippen molar-refractivity contribution in [3.63, 3.8) is 0 Å². The lowest BCUT2D eigenvalue weighted by Gasteiger charge is -2.34. The Morgan fingerprint density at radius 2 is 2.00 bits per heavy atom. The number of carbonyl (C=O) groups excluding carboxylic acids is 1. The second kappa shape index (κ2) is 8.25. The van der Waals surface area contributed by atoms with Gasteiger partial charge in [0.15, 0.2) is 0 Å². The molecule has 24 heavy (non-hydrogen) atoms. The number of hydrogen-bond donors (Lipinski definition) is 2. The van der Waals surface area contributed by atoms with Gasteiger partial charge in [0.25, 0.3) is 5.91 Å². The number of nitrogens with zero attached hydrogens (tertiary/aromatic N) is 4. The molecule has 3 heterocycles. The Labute approximate surface area is 149 Å². The average Bonchev–Trinajstić information content (AvgIpc) is 3.06. The zero-order valence-electron chi connectivity index (χ0n) is 13.4. The minimum Gasteiger partial charge on any atom is -0.356 e. The molecule has 2 N–H and O–H groups in total. The van der Waals surface area contributed by atoms with Crippen molar-refractivity contribution in [3.05, 3.63) is 40.9 Å². The molecule has 1 fully saturated rings. The van der Waals surface area contributed by atoms with Crippen LogP contribution < -0.4 is 10.2 Å². The third kappa shape index (κ3) is 4.55. The predicted octanol–water partition coefficient (Wildman–Crippen LogP) is 1.51. The van der Waals surface area contributed by atoms with E-state index in [-0.39, 0.29) is 5.91 Å². The lowest BCUT2D eigenvalue weighted by Crippen LogP contribution is -2.47. The van der Waals surface area contributed by atoms with Crippen molar-refractivity contribution in [2.45, 2.75) is 6.42 Å². The Balaban J connectivity index is 1.33. The highest BCUT2D eigenvalue weighted by Gasteiger charge is 2.18. The number of nitrogens with one attached hydrogen (secondary N) is 2. The number of amides is 1. The largest absolute Gasteiger partial charge is 0.356 e. The number of piperazine rings is 1. The molecule has 0 saturated carbocycles. The Bertz CT molecular complexity index is 654. The molecule has 1 aliphatic rings. The van der Waals surface area contributed by atoms with E-state index in [4.69, 9.17) is 0 Å². The second-order valence-corrected chi connectivity index (χ2v) is 6.63. The van der Waals surface area contributed by atoms with Crippen LogP contribution in [-0.2, 0) is 0 Å². The number of halogens is 1. The van der Waals surface area contributed by atoms with Crippen LogP contribution >= 0.6 is 15.9 Å². The normalized spacial score (nSPS) is 15.5. The molecule has 1 saturated heterocycles. The standard InChI is InChI=1S/C16H21BrN6O/c17-13-11-14(21-12-13)15(24)18-5-2-6-22-7-9-23(10-8-22)16-19-3-1-4-20-16/h1,3-4,11-12,21H,2,5-10H2,(H,18,24). The predicted molar refractivity (Wildman–Crippen MR) is 96.1 cm³/mol. The smallest absolute Gasteiger partial charge is 0.267 e. The highest BCUT2D eigenvalue weighted by atomic mass is 79.9. The Hall–Kier alpha value is -1.93. The highest BCUT2D eigenvalue weighted by Crippen LogP contribution is 2.11. The minimum absolute atomic E-state index is 0.0632. The number of H-pyrrole nitrogens is 1. The van der Waals surface area contributed by atoms with E-state index >= 15 is 0 Å². The van der Waals surface area contributed by atoms with Crippen LogP contribution in [0.15, 0.2) is 35.2 Å².